The molecule has 0 aliphatic heterocycles. The largest absolute Gasteiger partial charge is 0.455 e. The first-order chi connectivity index (χ1) is 17.7. The molecule has 0 saturated carbocycles. The fraction of sp³-hybridized carbons (Fsp3) is 0. The Morgan fingerprint density at radius 3 is 2.03 bits per heavy atom. The maximum atomic E-state index is 13.1. The van der Waals surface area contributed by atoms with Crippen LogP contribution < -0.4 is 5.63 Å². The Labute approximate surface area is 223 Å². The molecule has 5 heteroatoms. The van der Waals surface area contributed by atoms with Gasteiger partial charge in [0.05, 0.1) is 13.8 Å². The Kier molecular flexibility index (Phi) is 5.08. The number of furan rings is 1. The standard InChI is InChI=1S/C31H17IO3S/c32-27-19-12-4-5-13-20(19)31(33)35-29(27)26-22-15-7-9-17-24(22)36-30(26)25-21-14-6-8-16-23(21)34-28(25)18-10-2-1-3-11-18/h1-17H. The van der Waals surface area contributed by atoms with Crippen molar-refractivity contribution in [3.05, 3.63) is 117 Å². The fourth-order valence-electron chi connectivity index (χ4n) is 4.84. The molecule has 0 spiro atoms. The minimum atomic E-state index is -0.331. The van der Waals surface area contributed by atoms with Gasteiger partial charge in [0.1, 0.15) is 11.3 Å². The van der Waals surface area contributed by atoms with Crippen molar-refractivity contribution in [2.45, 2.75) is 0 Å². The SMILES string of the molecule is O=c1oc(-c2c(-c3c(-c4ccccc4)oc4ccccc34)sc3ccccc23)c(I)c2ccccc12. The number of halogens is 1. The molecule has 3 aromatic heterocycles. The third kappa shape index (κ3) is 3.27. The van der Waals surface area contributed by atoms with Gasteiger partial charge < -0.3 is 8.83 Å². The molecular weight excluding hydrogens is 579 g/mol. The minimum Gasteiger partial charge on any atom is -0.455 e. The molecule has 0 atom stereocenters. The van der Waals surface area contributed by atoms with E-state index >= 15 is 0 Å². The van der Waals surface area contributed by atoms with Crippen LogP contribution in [0, 0.1) is 3.57 Å². The molecule has 7 rings (SSSR count). The summed E-state index contributed by atoms with van der Waals surface area (Å²) in [5.41, 5.74) is 3.43. The van der Waals surface area contributed by atoms with E-state index in [1.165, 1.54) is 0 Å². The van der Waals surface area contributed by atoms with Gasteiger partial charge in [0.25, 0.3) is 0 Å². The molecule has 0 amide bonds. The van der Waals surface area contributed by atoms with Crippen LogP contribution in [0.5, 0.6) is 0 Å². The van der Waals surface area contributed by atoms with E-state index in [1.807, 2.05) is 72.8 Å². The van der Waals surface area contributed by atoms with Crippen LogP contribution in [0.3, 0.4) is 0 Å². The van der Waals surface area contributed by atoms with Gasteiger partial charge in [-0.1, -0.05) is 84.9 Å². The maximum absolute atomic E-state index is 13.1. The molecule has 0 aliphatic carbocycles. The van der Waals surface area contributed by atoms with Gasteiger partial charge in [-0.25, -0.2) is 4.79 Å². The zero-order chi connectivity index (χ0) is 24.2. The van der Waals surface area contributed by atoms with Crippen LogP contribution in [0.4, 0.5) is 0 Å². The number of hydrogen-bond donors (Lipinski definition) is 0. The smallest absolute Gasteiger partial charge is 0.344 e. The number of fused-ring (bicyclic) bond motifs is 3. The Morgan fingerprint density at radius 2 is 1.22 bits per heavy atom. The first-order valence-electron chi connectivity index (χ1n) is 11.5. The minimum absolute atomic E-state index is 0.331. The average molecular weight is 596 g/mol. The highest BCUT2D eigenvalue weighted by molar-refractivity contribution is 14.1. The second-order valence-electron chi connectivity index (χ2n) is 8.55. The number of hydrogen-bond acceptors (Lipinski definition) is 4. The first-order valence-corrected chi connectivity index (χ1v) is 13.4. The summed E-state index contributed by atoms with van der Waals surface area (Å²) in [6.45, 7) is 0. The lowest BCUT2D eigenvalue weighted by Gasteiger charge is -2.10. The van der Waals surface area contributed by atoms with E-state index in [4.69, 9.17) is 8.83 Å². The summed E-state index contributed by atoms with van der Waals surface area (Å²) >= 11 is 4.01. The van der Waals surface area contributed by atoms with Crippen molar-refractivity contribution in [3.63, 3.8) is 0 Å². The van der Waals surface area contributed by atoms with Crippen LogP contribution in [-0.2, 0) is 0 Å². The lowest BCUT2D eigenvalue weighted by Crippen LogP contribution is -2.03. The van der Waals surface area contributed by atoms with Gasteiger partial charge in [0, 0.05) is 37.5 Å². The van der Waals surface area contributed by atoms with Crippen molar-refractivity contribution >= 4 is 65.8 Å². The van der Waals surface area contributed by atoms with Crippen LogP contribution in [0.15, 0.2) is 117 Å². The maximum Gasteiger partial charge on any atom is 0.344 e. The molecule has 172 valence electrons. The molecule has 0 bridgehead atoms. The van der Waals surface area contributed by atoms with E-state index in [-0.39, 0.29) is 5.63 Å². The lowest BCUT2D eigenvalue weighted by molar-refractivity contribution is 0.533. The van der Waals surface area contributed by atoms with Crippen molar-refractivity contribution in [2.75, 3.05) is 0 Å². The third-order valence-corrected chi connectivity index (χ3v) is 8.72. The molecule has 0 unspecified atom stereocenters. The van der Waals surface area contributed by atoms with Crippen molar-refractivity contribution in [2.24, 2.45) is 0 Å². The van der Waals surface area contributed by atoms with E-state index in [2.05, 4.69) is 52.9 Å². The van der Waals surface area contributed by atoms with Gasteiger partial charge in [-0.2, -0.15) is 0 Å². The summed E-state index contributed by atoms with van der Waals surface area (Å²) in [6, 6.07) is 34.2. The van der Waals surface area contributed by atoms with Gasteiger partial charge in [0.2, 0.25) is 0 Å². The summed E-state index contributed by atoms with van der Waals surface area (Å²) in [5.74, 6) is 1.40. The summed E-state index contributed by atoms with van der Waals surface area (Å²) in [7, 11) is 0. The predicted octanol–water partition coefficient (Wildman–Crippen LogP) is 9.36. The second kappa shape index (κ2) is 8.47. The van der Waals surface area contributed by atoms with Gasteiger partial charge in [-0.3, -0.25) is 0 Å². The van der Waals surface area contributed by atoms with Crippen molar-refractivity contribution in [1.29, 1.82) is 0 Å². The van der Waals surface area contributed by atoms with Crippen LogP contribution in [0.2, 0.25) is 0 Å². The Balaban J connectivity index is 1.64. The fourth-order valence-corrected chi connectivity index (χ4v) is 6.94. The van der Waals surface area contributed by atoms with Gasteiger partial charge in [-0.15, -0.1) is 11.3 Å². The molecule has 0 N–H and O–H groups in total. The topological polar surface area (TPSA) is 43.4 Å². The molecule has 0 saturated heterocycles. The summed E-state index contributed by atoms with van der Waals surface area (Å²) in [4.78, 5) is 14.1. The van der Waals surface area contributed by atoms with E-state index < -0.39 is 0 Å². The number of benzene rings is 4. The van der Waals surface area contributed by atoms with E-state index in [0.29, 0.717) is 11.1 Å². The van der Waals surface area contributed by atoms with E-state index in [1.54, 1.807) is 11.3 Å². The number of para-hydroxylation sites is 1. The Morgan fingerprint density at radius 1 is 0.583 bits per heavy atom. The highest BCUT2D eigenvalue weighted by Crippen LogP contribution is 2.51. The zero-order valence-corrected chi connectivity index (χ0v) is 21.8. The van der Waals surface area contributed by atoms with Crippen molar-refractivity contribution < 1.29 is 8.83 Å². The van der Waals surface area contributed by atoms with Crippen LogP contribution >= 0.6 is 33.9 Å². The molecule has 0 radical (unpaired) electrons. The van der Waals surface area contributed by atoms with E-state index in [9.17, 15) is 4.79 Å². The monoisotopic (exact) mass is 596 g/mol. The van der Waals surface area contributed by atoms with Crippen molar-refractivity contribution in [3.8, 4) is 33.1 Å². The molecule has 3 nitrogen and oxygen atoms in total. The summed E-state index contributed by atoms with van der Waals surface area (Å²) in [6.07, 6.45) is 0. The average Bonchev–Trinajstić information content (AvgIpc) is 3.50. The van der Waals surface area contributed by atoms with Crippen LogP contribution in [0.25, 0.3) is 64.9 Å². The van der Waals surface area contributed by atoms with Crippen molar-refractivity contribution in [1.82, 2.24) is 0 Å². The van der Waals surface area contributed by atoms with Crippen LogP contribution in [0.1, 0.15) is 0 Å². The van der Waals surface area contributed by atoms with Gasteiger partial charge in [0.15, 0.2) is 5.76 Å². The highest BCUT2D eigenvalue weighted by atomic mass is 127. The third-order valence-electron chi connectivity index (χ3n) is 6.46. The molecule has 3 heterocycles. The van der Waals surface area contributed by atoms with Gasteiger partial charge in [-0.05, 0) is 40.8 Å². The Bertz CT molecular complexity index is 1980. The Hall–Kier alpha value is -3.68. The summed E-state index contributed by atoms with van der Waals surface area (Å²) < 4.78 is 14.6. The first kappa shape index (κ1) is 21.6. The van der Waals surface area contributed by atoms with E-state index in [0.717, 1.165) is 57.3 Å². The lowest BCUT2D eigenvalue weighted by atomic mass is 9.98. The molecule has 7 aromatic rings. The number of thiophene rings is 1. The predicted molar refractivity (Wildman–Crippen MR) is 157 cm³/mol. The zero-order valence-electron chi connectivity index (χ0n) is 18.8. The molecule has 4 aromatic carbocycles. The summed E-state index contributed by atoms with van der Waals surface area (Å²) in [5, 5.41) is 3.57. The molecule has 0 fully saturated rings. The number of rotatable bonds is 3. The van der Waals surface area contributed by atoms with Gasteiger partial charge >= 0.3 is 5.63 Å². The highest BCUT2D eigenvalue weighted by Gasteiger charge is 2.27. The van der Waals surface area contributed by atoms with Crippen LogP contribution in [-0.4, -0.2) is 0 Å². The quantitative estimate of drug-likeness (QED) is 0.191. The normalized spacial score (nSPS) is 11.6. The molecule has 0 aliphatic rings. The molecule has 36 heavy (non-hydrogen) atoms. The molecular formula is C31H17IO3S. The second-order valence-corrected chi connectivity index (χ2v) is 10.7.